The van der Waals surface area contributed by atoms with E-state index in [-0.39, 0.29) is 12.1 Å². The van der Waals surface area contributed by atoms with Crippen LogP contribution in [0, 0.1) is 0 Å². The van der Waals surface area contributed by atoms with Gasteiger partial charge in [-0.15, -0.1) is 11.3 Å². The first-order chi connectivity index (χ1) is 14.3. The summed E-state index contributed by atoms with van der Waals surface area (Å²) in [5.74, 6) is 0. The summed E-state index contributed by atoms with van der Waals surface area (Å²) in [6.07, 6.45) is 7.67. The van der Waals surface area contributed by atoms with E-state index in [0.717, 1.165) is 44.3 Å². The van der Waals surface area contributed by atoms with E-state index in [1.165, 1.54) is 26.1 Å². The van der Waals surface area contributed by atoms with Crippen LogP contribution in [-0.4, -0.2) is 29.6 Å². The van der Waals surface area contributed by atoms with Crippen molar-refractivity contribution in [3.8, 4) is 0 Å². The molecule has 2 unspecified atom stereocenters. The number of amides is 2. The number of nitrogens with zero attached hydrogens (tertiary/aromatic N) is 2. The van der Waals surface area contributed by atoms with Gasteiger partial charge in [-0.25, -0.2) is 4.79 Å². The molecule has 2 atom stereocenters. The van der Waals surface area contributed by atoms with Crippen molar-refractivity contribution in [2.75, 3.05) is 11.4 Å². The summed E-state index contributed by atoms with van der Waals surface area (Å²) in [5.41, 5.74) is 3.85. The summed E-state index contributed by atoms with van der Waals surface area (Å²) in [6.45, 7) is 0.832. The standard InChI is InChI=1S/C25H24N2OS/c28-25(26-13-5-8-17-6-1-3-9-22(17)26)27-20-11-12-21(27)15-19(14-20)24-16-18-7-2-4-10-23(18)29-24/h1-4,6-7,9-10,14,16,20-21H,5,8,11-13,15H2. The monoisotopic (exact) mass is 400 g/mol. The van der Waals surface area contributed by atoms with Gasteiger partial charge in [-0.3, -0.25) is 4.90 Å². The summed E-state index contributed by atoms with van der Waals surface area (Å²) >= 11 is 1.88. The second kappa shape index (κ2) is 6.74. The largest absolute Gasteiger partial charge is 0.325 e. The highest BCUT2D eigenvalue weighted by Crippen LogP contribution is 2.42. The number of aryl methyl sites for hydroxylation is 1. The Labute approximate surface area is 175 Å². The number of rotatable bonds is 1. The summed E-state index contributed by atoms with van der Waals surface area (Å²) in [4.78, 5) is 19.2. The minimum Gasteiger partial charge on any atom is -0.315 e. The summed E-state index contributed by atoms with van der Waals surface area (Å²) in [5, 5.41) is 1.32. The molecule has 146 valence electrons. The van der Waals surface area contributed by atoms with Gasteiger partial charge in [-0.05, 0) is 66.8 Å². The lowest BCUT2D eigenvalue weighted by atomic mass is 9.99. The van der Waals surface area contributed by atoms with Gasteiger partial charge in [-0.2, -0.15) is 0 Å². The Balaban J connectivity index is 1.31. The van der Waals surface area contributed by atoms with Crippen LogP contribution in [0.4, 0.5) is 10.5 Å². The van der Waals surface area contributed by atoms with Crippen molar-refractivity contribution >= 4 is 38.7 Å². The molecule has 3 nitrogen and oxygen atoms in total. The van der Waals surface area contributed by atoms with Gasteiger partial charge in [0, 0.05) is 27.9 Å². The van der Waals surface area contributed by atoms with Gasteiger partial charge in [-0.1, -0.05) is 42.5 Å². The average molecular weight is 401 g/mol. The maximum Gasteiger partial charge on any atom is 0.325 e. The first-order valence-electron chi connectivity index (χ1n) is 10.7. The van der Waals surface area contributed by atoms with Gasteiger partial charge in [0.1, 0.15) is 0 Å². The predicted octanol–water partition coefficient (Wildman–Crippen LogP) is 6.09. The molecule has 2 bridgehead atoms. The highest BCUT2D eigenvalue weighted by Gasteiger charge is 2.42. The van der Waals surface area contributed by atoms with Crippen LogP contribution in [0.2, 0.25) is 0 Å². The minimum absolute atomic E-state index is 0.205. The molecule has 4 heteroatoms. The maximum atomic E-state index is 13.6. The van der Waals surface area contributed by atoms with E-state index in [4.69, 9.17) is 0 Å². The molecule has 2 amide bonds. The van der Waals surface area contributed by atoms with E-state index < -0.39 is 0 Å². The van der Waals surface area contributed by atoms with Crippen LogP contribution >= 0.6 is 11.3 Å². The zero-order valence-electron chi connectivity index (χ0n) is 16.4. The van der Waals surface area contributed by atoms with Gasteiger partial charge in [0.2, 0.25) is 0 Å². The molecule has 0 spiro atoms. The van der Waals surface area contributed by atoms with Crippen molar-refractivity contribution in [1.29, 1.82) is 0 Å². The molecule has 1 aromatic heterocycles. The van der Waals surface area contributed by atoms with E-state index in [2.05, 4.69) is 65.6 Å². The molecule has 0 N–H and O–H groups in total. The van der Waals surface area contributed by atoms with Gasteiger partial charge < -0.3 is 4.90 Å². The molecular formula is C25H24N2OS. The van der Waals surface area contributed by atoms with Crippen LogP contribution in [0.3, 0.4) is 0 Å². The number of benzene rings is 2. The van der Waals surface area contributed by atoms with E-state index in [1.54, 1.807) is 0 Å². The number of carbonyl (C=O) groups is 1. The van der Waals surface area contributed by atoms with Crippen molar-refractivity contribution in [2.24, 2.45) is 0 Å². The molecule has 1 saturated heterocycles. The fourth-order valence-corrected chi connectivity index (χ4v) is 6.42. The molecule has 3 aliphatic heterocycles. The van der Waals surface area contributed by atoms with Crippen molar-refractivity contribution < 1.29 is 4.79 Å². The zero-order chi connectivity index (χ0) is 19.4. The van der Waals surface area contributed by atoms with Gasteiger partial charge >= 0.3 is 6.03 Å². The molecule has 6 rings (SSSR count). The molecule has 1 fully saturated rings. The van der Waals surface area contributed by atoms with Crippen LogP contribution < -0.4 is 4.90 Å². The Morgan fingerprint density at radius 3 is 2.79 bits per heavy atom. The van der Waals surface area contributed by atoms with Gasteiger partial charge in [0.15, 0.2) is 0 Å². The summed E-state index contributed by atoms with van der Waals surface area (Å²) in [6, 6.07) is 20.1. The Hall–Kier alpha value is -2.59. The third kappa shape index (κ3) is 2.81. The van der Waals surface area contributed by atoms with Crippen LogP contribution in [-0.2, 0) is 6.42 Å². The Bertz CT molecular complexity index is 1100. The molecule has 2 aromatic carbocycles. The maximum absolute atomic E-state index is 13.6. The molecule has 0 saturated carbocycles. The Morgan fingerprint density at radius 1 is 1.03 bits per heavy atom. The van der Waals surface area contributed by atoms with Crippen molar-refractivity contribution in [3.63, 3.8) is 0 Å². The highest BCUT2D eigenvalue weighted by molar-refractivity contribution is 7.20. The number of carbonyl (C=O) groups excluding carboxylic acids is 1. The van der Waals surface area contributed by atoms with Crippen LogP contribution in [0.15, 0.2) is 60.7 Å². The first kappa shape index (κ1) is 17.3. The molecular weight excluding hydrogens is 376 g/mol. The summed E-state index contributed by atoms with van der Waals surface area (Å²) in [7, 11) is 0. The SMILES string of the molecule is O=C(N1CCCc2ccccc21)N1C2C=C(c3cc4ccccc4s3)CC1CC2. The molecule has 0 radical (unpaired) electrons. The lowest BCUT2D eigenvalue weighted by Gasteiger charge is -2.39. The zero-order valence-corrected chi connectivity index (χ0v) is 17.2. The lowest BCUT2D eigenvalue weighted by molar-refractivity contribution is 0.186. The third-order valence-corrected chi connectivity index (χ3v) is 7.89. The van der Waals surface area contributed by atoms with Crippen LogP contribution in [0.5, 0.6) is 0 Å². The molecule has 29 heavy (non-hydrogen) atoms. The van der Waals surface area contributed by atoms with Crippen molar-refractivity contribution in [1.82, 2.24) is 4.90 Å². The first-order valence-corrected chi connectivity index (χ1v) is 11.5. The summed E-state index contributed by atoms with van der Waals surface area (Å²) < 4.78 is 1.35. The normalized spacial score (nSPS) is 23.2. The number of hydrogen-bond donors (Lipinski definition) is 0. The van der Waals surface area contributed by atoms with E-state index in [9.17, 15) is 4.79 Å². The molecule has 4 heterocycles. The molecule has 3 aromatic rings. The predicted molar refractivity (Wildman–Crippen MR) is 121 cm³/mol. The molecule has 3 aliphatic rings. The minimum atomic E-state index is 0.205. The van der Waals surface area contributed by atoms with Crippen LogP contribution in [0.25, 0.3) is 15.7 Å². The van der Waals surface area contributed by atoms with E-state index in [0.29, 0.717) is 6.04 Å². The van der Waals surface area contributed by atoms with E-state index >= 15 is 0 Å². The number of fused-ring (bicyclic) bond motifs is 4. The smallest absolute Gasteiger partial charge is 0.315 e. The quantitative estimate of drug-likeness (QED) is 0.484. The highest BCUT2D eigenvalue weighted by atomic mass is 32.1. The second-order valence-electron chi connectivity index (χ2n) is 8.42. The second-order valence-corrected chi connectivity index (χ2v) is 9.50. The van der Waals surface area contributed by atoms with Crippen molar-refractivity contribution in [2.45, 2.75) is 44.2 Å². The number of anilines is 1. The average Bonchev–Trinajstić information content (AvgIpc) is 3.31. The van der Waals surface area contributed by atoms with Crippen molar-refractivity contribution in [3.05, 3.63) is 71.1 Å². The molecule has 0 aliphatic carbocycles. The fraction of sp³-hybridized carbons (Fsp3) is 0.320. The Kier molecular flexibility index (Phi) is 4.01. The van der Waals surface area contributed by atoms with E-state index in [1.807, 2.05) is 16.2 Å². The number of thiophene rings is 1. The lowest BCUT2D eigenvalue weighted by Crippen LogP contribution is -2.51. The third-order valence-electron chi connectivity index (χ3n) is 6.70. The van der Waals surface area contributed by atoms with Gasteiger partial charge in [0.05, 0.1) is 6.04 Å². The fourth-order valence-electron chi connectivity index (χ4n) is 5.32. The number of hydrogen-bond acceptors (Lipinski definition) is 2. The number of urea groups is 1. The number of para-hydroxylation sites is 1. The topological polar surface area (TPSA) is 23.6 Å². The van der Waals surface area contributed by atoms with Crippen LogP contribution in [0.1, 0.15) is 36.1 Å². The van der Waals surface area contributed by atoms with Gasteiger partial charge in [0.25, 0.3) is 0 Å². The Morgan fingerprint density at radius 2 is 1.90 bits per heavy atom.